The Labute approximate surface area is 89.4 Å². The number of carbonyl (C=O) groups is 1. The van der Waals surface area contributed by atoms with Crippen LogP contribution in [0.3, 0.4) is 0 Å². The van der Waals surface area contributed by atoms with Gasteiger partial charge < -0.3 is 9.15 Å². The van der Waals surface area contributed by atoms with Crippen molar-refractivity contribution in [3.05, 3.63) is 23.2 Å². The Morgan fingerprint density at radius 3 is 2.67 bits per heavy atom. The number of furan rings is 1. The van der Waals surface area contributed by atoms with Crippen molar-refractivity contribution in [2.24, 2.45) is 0 Å². The van der Waals surface area contributed by atoms with Crippen LogP contribution in [0.5, 0.6) is 0 Å². The fourth-order valence-electron chi connectivity index (χ4n) is 2.03. The molecule has 2 rings (SSSR count). The zero-order chi connectivity index (χ0) is 11.0. The van der Waals surface area contributed by atoms with E-state index in [4.69, 9.17) is 9.15 Å². The number of carbonyl (C=O) groups excluding carboxylic acids is 1. The van der Waals surface area contributed by atoms with E-state index >= 15 is 0 Å². The minimum absolute atomic E-state index is 0.0341. The van der Waals surface area contributed by atoms with Crippen LogP contribution in [0.25, 0.3) is 0 Å². The number of hydrogen-bond donors (Lipinski definition) is 0. The third-order valence-corrected chi connectivity index (χ3v) is 2.87. The first-order valence-electron chi connectivity index (χ1n) is 5.34. The molecule has 0 aromatic carbocycles. The number of rotatable bonds is 2. The van der Waals surface area contributed by atoms with Crippen LogP contribution < -0.4 is 0 Å². The standard InChI is InChI=1S/C12H16O3/c1-7-4-5-11(14-7)12-6-10(8(2)13)9(3)15-12/h6-7,11H,4-5H2,1-3H3/t7-,11-/m1/s1. The molecule has 2 atom stereocenters. The first kappa shape index (κ1) is 10.4. The zero-order valence-electron chi connectivity index (χ0n) is 9.37. The Morgan fingerprint density at radius 2 is 2.20 bits per heavy atom. The summed E-state index contributed by atoms with van der Waals surface area (Å²) in [5.74, 6) is 1.54. The molecule has 3 nitrogen and oxygen atoms in total. The van der Waals surface area contributed by atoms with Crippen LogP contribution in [0.2, 0.25) is 0 Å². The molecular formula is C12H16O3. The molecule has 0 radical (unpaired) electrons. The van der Waals surface area contributed by atoms with Gasteiger partial charge in [-0.2, -0.15) is 0 Å². The van der Waals surface area contributed by atoms with E-state index in [1.54, 1.807) is 6.92 Å². The second-order valence-electron chi connectivity index (χ2n) is 4.19. The SMILES string of the molecule is CC(=O)c1cc([C@H]2CC[C@@H](C)O2)oc1C. The second-order valence-corrected chi connectivity index (χ2v) is 4.19. The number of Topliss-reactive ketones (excluding diaryl/α,β-unsaturated/α-hetero) is 1. The molecule has 0 bridgehead atoms. The summed E-state index contributed by atoms with van der Waals surface area (Å²) in [5.41, 5.74) is 0.674. The summed E-state index contributed by atoms with van der Waals surface area (Å²) < 4.78 is 11.3. The van der Waals surface area contributed by atoms with Crippen molar-refractivity contribution >= 4 is 5.78 Å². The topological polar surface area (TPSA) is 39.4 Å². The van der Waals surface area contributed by atoms with Crippen molar-refractivity contribution < 1.29 is 13.9 Å². The van der Waals surface area contributed by atoms with E-state index in [9.17, 15) is 4.79 Å². The van der Waals surface area contributed by atoms with Crippen molar-refractivity contribution in [1.82, 2.24) is 0 Å². The Kier molecular flexibility index (Phi) is 2.65. The average molecular weight is 208 g/mol. The molecule has 0 N–H and O–H groups in total. The highest BCUT2D eigenvalue weighted by molar-refractivity contribution is 5.95. The molecule has 1 saturated heterocycles. The lowest BCUT2D eigenvalue weighted by Gasteiger charge is -2.06. The maximum atomic E-state index is 11.3. The summed E-state index contributed by atoms with van der Waals surface area (Å²) in [6.45, 7) is 5.43. The smallest absolute Gasteiger partial charge is 0.163 e. The van der Waals surface area contributed by atoms with Gasteiger partial charge in [0, 0.05) is 0 Å². The van der Waals surface area contributed by atoms with E-state index < -0.39 is 0 Å². The molecule has 0 amide bonds. The minimum Gasteiger partial charge on any atom is -0.463 e. The van der Waals surface area contributed by atoms with Crippen LogP contribution in [0.15, 0.2) is 10.5 Å². The molecule has 1 fully saturated rings. The molecule has 1 aromatic heterocycles. The van der Waals surface area contributed by atoms with Gasteiger partial charge in [0.05, 0.1) is 11.7 Å². The summed E-state index contributed by atoms with van der Waals surface area (Å²) in [6, 6.07) is 1.82. The van der Waals surface area contributed by atoms with Crippen molar-refractivity contribution in [2.45, 2.75) is 45.8 Å². The molecular weight excluding hydrogens is 192 g/mol. The highest BCUT2D eigenvalue weighted by Crippen LogP contribution is 2.34. The van der Waals surface area contributed by atoms with Gasteiger partial charge in [0.1, 0.15) is 17.6 Å². The molecule has 82 valence electrons. The van der Waals surface area contributed by atoms with Crippen molar-refractivity contribution in [1.29, 1.82) is 0 Å². The molecule has 15 heavy (non-hydrogen) atoms. The maximum Gasteiger partial charge on any atom is 0.163 e. The summed E-state index contributed by atoms with van der Waals surface area (Å²) in [4.78, 5) is 11.3. The van der Waals surface area contributed by atoms with Crippen LogP contribution in [-0.4, -0.2) is 11.9 Å². The summed E-state index contributed by atoms with van der Waals surface area (Å²) >= 11 is 0. The average Bonchev–Trinajstić information content (AvgIpc) is 2.71. The van der Waals surface area contributed by atoms with E-state index in [1.807, 2.05) is 13.0 Å². The predicted molar refractivity (Wildman–Crippen MR) is 56.0 cm³/mol. The Balaban J connectivity index is 2.23. The van der Waals surface area contributed by atoms with Gasteiger partial charge in [-0.3, -0.25) is 4.79 Å². The lowest BCUT2D eigenvalue weighted by molar-refractivity contribution is 0.0419. The third kappa shape index (κ3) is 1.97. The van der Waals surface area contributed by atoms with Crippen molar-refractivity contribution in [3.8, 4) is 0 Å². The van der Waals surface area contributed by atoms with Gasteiger partial charge in [0.15, 0.2) is 5.78 Å². The fraction of sp³-hybridized carbons (Fsp3) is 0.583. The van der Waals surface area contributed by atoms with E-state index in [0.717, 1.165) is 18.6 Å². The molecule has 1 aromatic rings. The quantitative estimate of drug-likeness (QED) is 0.701. The predicted octanol–water partition coefficient (Wildman–Crippen LogP) is 3.03. The van der Waals surface area contributed by atoms with Gasteiger partial charge in [0.25, 0.3) is 0 Å². The maximum absolute atomic E-state index is 11.3. The van der Waals surface area contributed by atoms with Gasteiger partial charge in [-0.1, -0.05) is 0 Å². The summed E-state index contributed by atoms with van der Waals surface area (Å²) in [7, 11) is 0. The molecule has 0 spiro atoms. The first-order valence-corrected chi connectivity index (χ1v) is 5.34. The van der Waals surface area contributed by atoms with Crippen LogP contribution >= 0.6 is 0 Å². The molecule has 3 heteroatoms. The highest BCUT2D eigenvalue weighted by Gasteiger charge is 2.27. The first-order chi connectivity index (χ1) is 7.08. The third-order valence-electron chi connectivity index (χ3n) is 2.87. The number of ether oxygens (including phenoxy) is 1. The van der Waals surface area contributed by atoms with E-state index in [0.29, 0.717) is 17.4 Å². The number of hydrogen-bond acceptors (Lipinski definition) is 3. The van der Waals surface area contributed by atoms with Gasteiger partial charge in [-0.05, 0) is 39.7 Å². The minimum atomic E-state index is 0.0341. The summed E-state index contributed by atoms with van der Waals surface area (Å²) in [6.07, 6.45) is 2.36. The fourth-order valence-corrected chi connectivity index (χ4v) is 2.03. The molecule has 0 aliphatic carbocycles. The zero-order valence-corrected chi connectivity index (χ0v) is 9.37. The van der Waals surface area contributed by atoms with Gasteiger partial charge in [0.2, 0.25) is 0 Å². The molecule has 1 aliphatic heterocycles. The lowest BCUT2D eigenvalue weighted by Crippen LogP contribution is -1.99. The molecule has 2 heterocycles. The van der Waals surface area contributed by atoms with Crippen LogP contribution in [0, 0.1) is 6.92 Å². The van der Waals surface area contributed by atoms with E-state index in [2.05, 4.69) is 6.92 Å². The Hall–Kier alpha value is -1.09. The lowest BCUT2D eigenvalue weighted by atomic mass is 10.1. The van der Waals surface area contributed by atoms with Gasteiger partial charge in [-0.25, -0.2) is 0 Å². The van der Waals surface area contributed by atoms with Gasteiger partial charge >= 0.3 is 0 Å². The monoisotopic (exact) mass is 208 g/mol. The largest absolute Gasteiger partial charge is 0.463 e. The van der Waals surface area contributed by atoms with E-state index in [-0.39, 0.29) is 11.9 Å². The molecule has 0 saturated carbocycles. The van der Waals surface area contributed by atoms with Crippen LogP contribution in [-0.2, 0) is 4.74 Å². The van der Waals surface area contributed by atoms with Gasteiger partial charge in [-0.15, -0.1) is 0 Å². The Morgan fingerprint density at radius 1 is 1.47 bits per heavy atom. The van der Waals surface area contributed by atoms with E-state index in [1.165, 1.54) is 0 Å². The normalized spacial score (nSPS) is 25.8. The number of ketones is 1. The van der Waals surface area contributed by atoms with Crippen LogP contribution in [0.4, 0.5) is 0 Å². The van der Waals surface area contributed by atoms with Crippen molar-refractivity contribution in [2.75, 3.05) is 0 Å². The highest BCUT2D eigenvalue weighted by atomic mass is 16.5. The second kappa shape index (κ2) is 3.81. The van der Waals surface area contributed by atoms with Crippen LogP contribution in [0.1, 0.15) is 54.7 Å². The molecule has 1 aliphatic rings. The van der Waals surface area contributed by atoms with Crippen molar-refractivity contribution in [3.63, 3.8) is 0 Å². The molecule has 0 unspecified atom stereocenters. The summed E-state index contributed by atoms with van der Waals surface area (Å²) in [5, 5.41) is 0. The Bertz CT molecular complexity index is 378. The number of aryl methyl sites for hydroxylation is 1.